The van der Waals surface area contributed by atoms with Gasteiger partial charge in [0.2, 0.25) is 0 Å². The fourth-order valence-electron chi connectivity index (χ4n) is 2.99. The van der Waals surface area contributed by atoms with Crippen molar-refractivity contribution in [2.24, 2.45) is 10.9 Å². The molecule has 142 valence electrons. The zero-order chi connectivity index (χ0) is 17.7. The molecule has 1 aliphatic heterocycles. The maximum absolute atomic E-state index is 5.27. The van der Waals surface area contributed by atoms with Gasteiger partial charge in [0.15, 0.2) is 5.96 Å². The number of benzene rings is 1. The van der Waals surface area contributed by atoms with E-state index < -0.39 is 0 Å². The van der Waals surface area contributed by atoms with Crippen molar-refractivity contribution in [2.75, 3.05) is 27.2 Å². The third-order valence-electron chi connectivity index (χ3n) is 4.59. The molecule has 0 amide bonds. The lowest BCUT2D eigenvalue weighted by Crippen LogP contribution is -2.46. The molecule has 1 aliphatic rings. The first-order chi connectivity index (χ1) is 11.4. The topological polar surface area (TPSA) is 48.9 Å². The lowest BCUT2D eigenvalue weighted by molar-refractivity contribution is 0.265. The van der Waals surface area contributed by atoms with E-state index in [1.54, 1.807) is 7.11 Å². The van der Waals surface area contributed by atoms with Crippen LogP contribution in [0.2, 0.25) is 0 Å². The molecule has 0 aromatic heterocycles. The largest absolute Gasteiger partial charge is 0.496 e. The van der Waals surface area contributed by atoms with Crippen molar-refractivity contribution < 1.29 is 4.74 Å². The van der Waals surface area contributed by atoms with Gasteiger partial charge in [-0.3, -0.25) is 9.89 Å². The summed E-state index contributed by atoms with van der Waals surface area (Å²) in [4.78, 5) is 6.88. The monoisotopic (exact) mass is 524 g/mol. The van der Waals surface area contributed by atoms with E-state index in [0.29, 0.717) is 18.0 Å². The van der Waals surface area contributed by atoms with E-state index in [2.05, 4.69) is 69.4 Å². The Hall–Kier alpha value is -0.540. The number of likely N-dealkylation sites (tertiary alicyclic amines) is 1. The first-order valence-electron chi connectivity index (χ1n) is 8.48. The first kappa shape index (κ1) is 22.5. The number of halogens is 2. The van der Waals surface area contributed by atoms with Crippen molar-refractivity contribution in [3.05, 3.63) is 28.2 Å². The van der Waals surface area contributed by atoms with Gasteiger partial charge in [-0.05, 0) is 53.4 Å². The lowest BCUT2D eigenvalue weighted by atomic mass is 10.1. The standard InChI is InChI=1S/C18H29BrN4O.HI/c1-12(2)23-10-13(3)16(11-23)22-18(20-4)21-9-14-6-7-17(24-5)15(19)8-14;/h6-8,12-13,16H,9-11H2,1-5H3,(H2,20,21,22);1H. The van der Waals surface area contributed by atoms with E-state index in [4.69, 9.17) is 4.74 Å². The third-order valence-corrected chi connectivity index (χ3v) is 5.21. The molecule has 1 aromatic carbocycles. The minimum Gasteiger partial charge on any atom is -0.496 e. The molecule has 0 bridgehead atoms. The van der Waals surface area contributed by atoms with Gasteiger partial charge in [-0.2, -0.15) is 0 Å². The molecule has 2 unspecified atom stereocenters. The molecule has 1 fully saturated rings. The number of rotatable bonds is 5. The molecule has 0 radical (unpaired) electrons. The van der Waals surface area contributed by atoms with Crippen LogP contribution < -0.4 is 15.4 Å². The quantitative estimate of drug-likeness (QED) is 0.352. The van der Waals surface area contributed by atoms with Crippen LogP contribution in [0.1, 0.15) is 26.3 Å². The molecule has 2 atom stereocenters. The predicted octanol–water partition coefficient (Wildman–Crippen LogP) is 3.47. The second-order valence-corrected chi connectivity index (χ2v) is 7.52. The van der Waals surface area contributed by atoms with Gasteiger partial charge in [0.1, 0.15) is 5.75 Å². The van der Waals surface area contributed by atoms with E-state index in [9.17, 15) is 0 Å². The number of nitrogens with one attached hydrogen (secondary N) is 2. The third kappa shape index (κ3) is 6.29. The zero-order valence-electron chi connectivity index (χ0n) is 15.7. The van der Waals surface area contributed by atoms with Gasteiger partial charge in [0.25, 0.3) is 0 Å². The molecule has 1 heterocycles. The Labute approximate surface area is 177 Å². The zero-order valence-corrected chi connectivity index (χ0v) is 19.6. The number of ether oxygens (including phenoxy) is 1. The maximum atomic E-state index is 5.27. The Morgan fingerprint density at radius 1 is 1.40 bits per heavy atom. The van der Waals surface area contributed by atoms with Gasteiger partial charge in [-0.25, -0.2) is 0 Å². The summed E-state index contributed by atoms with van der Waals surface area (Å²) in [5, 5.41) is 6.97. The van der Waals surface area contributed by atoms with Crippen molar-refractivity contribution in [1.82, 2.24) is 15.5 Å². The molecular formula is C18H30BrIN4O. The summed E-state index contributed by atoms with van der Waals surface area (Å²) < 4.78 is 6.23. The van der Waals surface area contributed by atoms with Crippen molar-refractivity contribution in [2.45, 2.75) is 39.4 Å². The van der Waals surface area contributed by atoms with Crippen LogP contribution in [0.5, 0.6) is 5.75 Å². The molecule has 1 aromatic rings. The molecule has 0 spiro atoms. The fraction of sp³-hybridized carbons (Fsp3) is 0.611. The molecule has 2 rings (SSSR count). The van der Waals surface area contributed by atoms with Gasteiger partial charge in [-0.1, -0.05) is 13.0 Å². The van der Waals surface area contributed by atoms with E-state index in [1.165, 1.54) is 5.56 Å². The smallest absolute Gasteiger partial charge is 0.191 e. The summed E-state index contributed by atoms with van der Waals surface area (Å²) in [5.41, 5.74) is 1.17. The van der Waals surface area contributed by atoms with Crippen molar-refractivity contribution >= 4 is 45.9 Å². The van der Waals surface area contributed by atoms with Gasteiger partial charge < -0.3 is 15.4 Å². The summed E-state index contributed by atoms with van der Waals surface area (Å²) in [6.45, 7) is 9.73. The Morgan fingerprint density at radius 3 is 2.64 bits per heavy atom. The average Bonchev–Trinajstić information content (AvgIpc) is 2.92. The van der Waals surface area contributed by atoms with E-state index in [1.807, 2.05) is 13.1 Å². The number of hydrogen-bond donors (Lipinski definition) is 2. The summed E-state index contributed by atoms with van der Waals surface area (Å²) in [7, 11) is 3.49. The Balaban J connectivity index is 0.00000312. The molecule has 0 aliphatic carbocycles. The van der Waals surface area contributed by atoms with E-state index in [-0.39, 0.29) is 24.0 Å². The van der Waals surface area contributed by atoms with Crippen molar-refractivity contribution in [3.63, 3.8) is 0 Å². The highest BCUT2D eigenvalue weighted by molar-refractivity contribution is 14.0. The molecule has 2 N–H and O–H groups in total. The molecular weight excluding hydrogens is 495 g/mol. The minimum atomic E-state index is 0. The Morgan fingerprint density at radius 2 is 2.12 bits per heavy atom. The highest BCUT2D eigenvalue weighted by Crippen LogP contribution is 2.25. The SMILES string of the molecule is CN=C(NCc1ccc(OC)c(Br)c1)NC1CN(C(C)C)CC1C.I. The second kappa shape index (κ2) is 10.6. The molecule has 25 heavy (non-hydrogen) atoms. The van der Waals surface area contributed by atoms with Crippen LogP contribution in [0, 0.1) is 5.92 Å². The van der Waals surface area contributed by atoms with Crippen LogP contribution in [-0.4, -0.2) is 50.2 Å². The van der Waals surface area contributed by atoms with Crippen LogP contribution in [0.15, 0.2) is 27.7 Å². The predicted molar refractivity (Wildman–Crippen MR) is 119 cm³/mol. The number of aliphatic imine (C=N–C) groups is 1. The van der Waals surface area contributed by atoms with Crippen molar-refractivity contribution in [1.29, 1.82) is 0 Å². The summed E-state index contributed by atoms with van der Waals surface area (Å²) in [6, 6.07) is 7.11. The summed E-state index contributed by atoms with van der Waals surface area (Å²) in [6.07, 6.45) is 0. The van der Waals surface area contributed by atoms with Crippen LogP contribution in [0.3, 0.4) is 0 Å². The van der Waals surface area contributed by atoms with Crippen LogP contribution in [0.25, 0.3) is 0 Å². The van der Waals surface area contributed by atoms with Crippen LogP contribution >= 0.6 is 39.9 Å². The van der Waals surface area contributed by atoms with Crippen molar-refractivity contribution in [3.8, 4) is 5.75 Å². The van der Waals surface area contributed by atoms with Crippen LogP contribution in [-0.2, 0) is 6.54 Å². The normalized spacial score (nSPS) is 21.2. The van der Waals surface area contributed by atoms with Gasteiger partial charge in [0.05, 0.1) is 11.6 Å². The second-order valence-electron chi connectivity index (χ2n) is 6.67. The highest BCUT2D eigenvalue weighted by atomic mass is 127. The number of hydrogen-bond acceptors (Lipinski definition) is 3. The minimum absolute atomic E-state index is 0. The van der Waals surface area contributed by atoms with Gasteiger partial charge in [0, 0.05) is 38.8 Å². The average molecular weight is 525 g/mol. The molecule has 7 heteroatoms. The number of nitrogens with zero attached hydrogens (tertiary/aromatic N) is 2. The Bertz CT molecular complexity index is 582. The molecule has 1 saturated heterocycles. The van der Waals surface area contributed by atoms with E-state index >= 15 is 0 Å². The highest BCUT2D eigenvalue weighted by Gasteiger charge is 2.31. The van der Waals surface area contributed by atoms with Gasteiger partial charge in [-0.15, -0.1) is 24.0 Å². The number of methoxy groups -OCH3 is 1. The van der Waals surface area contributed by atoms with Gasteiger partial charge >= 0.3 is 0 Å². The van der Waals surface area contributed by atoms with Crippen LogP contribution in [0.4, 0.5) is 0 Å². The summed E-state index contributed by atoms with van der Waals surface area (Å²) in [5.74, 6) is 2.31. The maximum Gasteiger partial charge on any atom is 0.191 e. The summed E-state index contributed by atoms with van der Waals surface area (Å²) >= 11 is 3.53. The van der Waals surface area contributed by atoms with E-state index in [0.717, 1.165) is 35.8 Å². The Kier molecular flexibility index (Phi) is 9.51. The molecule has 5 nitrogen and oxygen atoms in total. The molecule has 0 saturated carbocycles. The lowest BCUT2D eigenvalue weighted by Gasteiger charge is -2.22. The number of guanidine groups is 1. The fourth-order valence-corrected chi connectivity index (χ4v) is 3.58. The first-order valence-corrected chi connectivity index (χ1v) is 9.27.